The Labute approximate surface area is 221 Å². The third-order valence-corrected chi connectivity index (χ3v) is 7.62. The fourth-order valence-corrected chi connectivity index (χ4v) is 5.40. The van der Waals surface area contributed by atoms with Crippen LogP contribution in [0.1, 0.15) is 18.2 Å². The number of aromatic nitrogens is 2. The molecule has 3 heterocycles. The molecule has 5 rings (SSSR count). The standard InChI is InChI=1S/C27H31Cl2N5O2/c1-19(35)33-11-10-26-25(18-33)27(20-2-4-21(28)5-3-20)30-34(26)17-24(36)16-31-12-14-32(15-13-31)23-8-6-22(29)7-9-23/h2-9,24,36H,10-18H2,1H3. The van der Waals surface area contributed by atoms with Gasteiger partial charge < -0.3 is 14.9 Å². The maximum absolute atomic E-state index is 12.1. The molecule has 1 saturated heterocycles. The van der Waals surface area contributed by atoms with Crippen molar-refractivity contribution in [1.29, 1.82) is 0 Å². The number of hydrogen-bond donors (Lipinski definition) is 1. The predicted octanol–water partition coefficient (Wildman–Crippen LogP) is 3.94. The van der Waals surface area contributed by atoms with Crippen LogP contribution in [-0.4, -0.2) is 76.0 Å². The number of carbonyl (C=O) groups excluding carboxylic acids is 1. The molecule has 1 aromatic heterocycles. The van der Waals surface area contributed by atoms with Gasteiger partial charge in [0.1, 0.15) is 0 Å². The fraction of sp³-hybridized carbons (Fsp3) is 0.407. The molecule has 1 fully saturated rings. The highest BCUT2D eigenvalue weighted by Gasteiger charge is 2.28. The summed E-state index contributed by atoms with van der Waals surface area (Å²) in [6, 6.07) is 15.6. The van der Waals surface area contributed by atoms with Crippen LogP contribution in [0.2, 0.25) is 10.0 Å². The van der Waals surface area contributed by atoms with Gasteiger partial charge in [-0.1, -0.05) is 35.3 Å². The summed E-state index contributed by atoms with van der Waals surface area (Å²) in [7, 11) is 0. The molecule has 0 radical (unpaired) electrons. The number of aliphatic hydroxyl groups excluding tert-OH is 1. The van der Waals surface area contributed by atoms with Gasteiger partial charge in [0.05, 0.1) is 18.3 Å². The first-order valence-electron chi connectivity index (χ1n) is 12.4. The van der Waals surface area contributed by atoms with Crippen LogP contribution in [0.4, 0.5) is 5.69 Å². The van der Waals surface area contributed by atoms with Crippen molar-refractivity contribution in [1.82, 2.24) is 19.6 Å². The third kappa shape index (κ3) is 5.54. The van der Waals surface area contributed by atoms with E-state index in [1.807, 2.05) is 46.0 Å². The van der Waals surface area contributed by atoms with Crippen molar-refractivity contribution in [3.63, 3.8) is 0 Å². The number of anilines is 1. The number of β-amino-alcohol motifs (C(OH)–C–C–N with tert-alkyl or cyclic N) is 1. The van der Waals surface area contributed by atoms with E-state index < -0.39 is 6.10 Å². The molecule has 190 valence electrons. The minimum absolute atomic E-state index is 0.0632. The number of aliphatic hydroxyl groups is 1. The summed E-state index contributed by atoms with van der Waals surface area (Å²) >= 11 is 12.1. The first-order chi connectivity index (χ1) is 17.4. The molecular weight excluding hydrogens is 497 g/mol. The maximum Gasteiger partial charge on any atom is 0.219 e. The SMILES string of the molecule is CC(=O)N1CCc2c(c(-c3ccc(Cl)cc3)nn2CC(O)CN2CCN(c3ccc(Cl)cc3)CC2)C1. The molecule has 2 aliphatic heterocycles. The Kier molecular flexibility index (Phi) is 7.53. The van der Waals surface area contributed by atoms with Crippen molar-refractivity contribution >= 4 is 34.8 Å². The van der Waals surface area contributed by atoms with Crippen LogP contribution >= 0.6 is 23.2 Å². The zero-order chi connectivity index (χ0) is 25.2. The number of hydrogen-bond acceptors (Lipinski definition) is 5. The van der Waals surface area contributed by atoms with Gasteiger partial charge in [-0.05, 0) is 36.4 Å². The van der Waals surface area contributed by atoms with Crippen molar-refractivity contribution in [3.8, 4) is 11.3 Å². The number of piperazine rings is 1. The van der Waals surface area contributed by atoms with Gasteiger partial charge in [0.2, 0.25) is 5.91 Å². The van der Waals surface area contributed by atoms with Gasteiger partial charge in [0, 0.05) is 91.7 Å². The van der Waals surface area contributed by atoms with Crippen LogP contribution in [-0.2, 0) is 24.3 Å². The van der Waals surface area contributed by atoms with Crippen LogP contribution < -0.4 is 4.90 Å². The Balaban J connectivity index is 1.26. The summed E-state index contributed by atoms with van der Waals surface area (Å²) in [5.74, 6) is 0.0632. The summed E-state index contributed by atoms with van der Waals surface area (Å²) in [6.07, 6.45) is 0.183. The van der Waals surface area contributed by atoms with E-state index in [9.17, 15) is 9.90 Å². The van der Waals surface area contributed by atoms with Gasteiger partial charge in [-0.15, -0.1) is 0 Å². The zero-order valence-electron chi connectivity index (χ0n) is 20.4. The molecular formula is C27H31Cl2N5O2. The largest absolute Gasteiger partial charge is 0.390 e. The monoisotopic (exact) mass is 527 g/mol. The van der Waals surface area contributed by atoms with Crippen LogP contribution in [0.3, 0.4) is 0 Å². The van der Waals surface area contributed by atoms with Crippen molar-refractivity contribution < 1.29 is 9.90 Å². The highest BCUT2D eigenvalue weighted by Crippen LogP contribution is 2.31. The van der Waals surface area contributed by atoms with Crippen molar-refractivity contribution in [3.05, 3.63) is 69.8 Å². The lowest BCUT2D eigenvalue weighted by molar-refractivity contribution is -0.129. The normalized spacial score (nSPS) is 17.2. The quantitative estimate of drug-likeness (QED) is 0.525. The Morgan fingerprint density at radius 2 is 1.58 bits per heavy atom. The molecule has 0 aliphatic carbocycles. The van der Waals surface area contributed by atoms with Crippen LogP contribution in [0.15, 0.2) is 48.5 Å². The molecule has 2 aromatic carbocycles. The third-order valence-electron chi connectivity index (χ3n) is 7.11. The van der Waals surface area contributed by atoms with Crippen LogP contribution in [0.5, 0.6) is 0 Å². The Bertz CT molecular complexity index is 1200. The number of amides is 1. The number of carbonyl (C=O) groups is 1. The molecule has 9 heteroatoms. The summed E-state index contributed by atoms with van der Waals surface area (Å²) in [5.41, 5.74) is 5.16. The second kappa shape index (κ2) is 10.8. The summed E-state index contributed by atoms with van der Waals surface area (Å²) in [4.78, 5) is 18.6. The Hall–Kier alpha value is -2.58. The zero-order valence-corrected chi connectivity index (χ0v) is 21.9. The summed E-state index contributed by atoms with van der Waals surface area (Å²) < 4.78 is 1.95. The first-order valence-corrected chi connectivity index (χ1v) is 13.1. The molecule has 1 N–H and O–H groups in total. The topological polar surface area (TPSA) is 64.8 Å². The molecule has 1 unspecified atom stereocenters. The van der Waals surface area contributed by atoms with Crippen molar-refractivity contribution in [2.75, 3.05) is 44.2 Å². The van der Waals surface area contributed by atoms with E-state index in [1.165, 1.54) is 5.69 Å². The fourth-order valence-electron chi connectivity index (χ4n) is 5.15. The second-order valence-electron chi connectivity index (χ2n) is 9.57. The van der Waals surface area contributed by atoms with Gasteiger partial charge in [-0.25, -0.2) is 0 Å². The number of nitrogens with zero attached hydrogens (tertiary/aromatic N) is 5. The number of fused-ring (bicyclic) bond motifs is 1. The van der Waals surface area contributed by atoms with E-state index in [0.29, 0.717) is 31.2 Å². The van der Waals surface area contributed by atoms with Gasteiger partial charge in [0.25, 0.3) is 0 Å². The smallest absolute Gasteiger partial charge is 0.219 e. The van der Waals surface area contributed by atoms with E-state index in [4.69, 9.17) is 28.3 Å². The van der Waals surface area contributed by atoms with E-state index >= 15 is 0 Å². The highest BCUT2D eigenvalue weighted by atomic mass is 35.5. The molecule has 7 nitrogen and oxygen atoms in total. The van der Waals surface area contributed by atoms with Gasteiger partial charge in [-0.3, -0.25) is 14.4 Å². The van der Waals surface area contributed by atoms with Crippen molar-refractivity contribution in [2.24, 2.45) is 0 Å². The van der Waals surface area contributed by atoms with Gasteiger partial charge >= 0.3 is 0 Å². The summed E-state index contributed by atoms with van der Waals surface area (Å²) in [5, 5.41) is 17.3. The van der Waals surface area contributed by atoms with Crippen molar-refractivity contribution in [2.45, 2.75) is 32.5 Å². The summed E-state index contributed by atoms with van der Waals surface area (Å²) in [6.45, 7) is 7.42. The number of halogens is 2. The van der Waals surface area contributed by atoms with E-state index in [0.717, 1.165) is 60.1 Å². The average Bonchev–Trinajstić information content (AvgIpc) is 3.23. The maximum atomic E-state index is 12.1. The lowest BCUT2D eigenvalue weighted by Crippen LogP contribution is -2.49. The number of benzene rings is 2. The minimum Gasteiger partial charge on any atom is -0.390 e. The van der Waals surface area contributed by atoms with Gasteiger partial charge in [-0.2, -0.15) is 5.10 Å². The predicted molar refractivity (Wildman–Crippen MR) is 144 cm³/mol. The first kappa shape index (κ1) is 25.1. The van der Waals surface area contributed by atoms with E-state index in [2.05, 4.69) is 21.9 Å². The van der Waals surface area contributed by atoms with Crippen LogP contribution in [0.25, 0.3) is 11.3 Å². The van der Waals surface area contributed by atoms with E-state index in [1.54, 1.807) is 6.92 Å². The molecule has 0 bridgehead atoms. The Morgan fingerprint density at radius 1 is 0.944 bits per heavy atom. The average molecular weight is 528 g/mol. The lowest BCUT2D eigenvalue weighted by Gasteiger charge is -2.37. The molecule has 36 heavy (non-hydrogen) atoms. The van der Waals surface area contributed by atoms with Crippen LogP contribution in [0, 0.1) is 0 Å². The Morgan fingerprint density at radius 3 is 2.22 bits per heavy atom. The molecule has 1 amide bonds. The highest BCUT2D eigenvalue weighted by molar-refractivity contribution is 6.30. The minimum atomic E-state index is -0.542. The molecule has 2 aliphatic rings. The molecule has 0 saturated carbocycles. The molecule has 3 aromatic rings. The van der Waals surface area contributed by atoms with E-state index in [-0.39, 0.29) is 5.91 Å². The lowest BCUT2D eigenvalue weighted by atomic mass is 10.0. The van der Waals surface area contributed by atoms with Gasteiger partial charge in [0.15, 0.2) is 0 Å². The second-order valence-corrected chi connectivity index (χ2v) is 10.4. The number of rotatable bonds is 6. The molecule has 1 atom stereocenters. The molecule has 0 spiro atoms.